The van der Waals surface area contributed by atoms with Gasteiger partial charge in [0.2, 0.25) is 0 Å². The van der Waals surface area contributed by atoms with E-state index in [2.05, 4.69) is 21.4 Å². The van der Waals surface area contributed by atoms with Crippen molar-refractivity contribution in [3.8, 4) is 0 Å². The van der Waals surface area contributed by atoms with Crippen molar-refractivity contribution in [2.45, 2.75) is 13.0 Å². The standard InChI is InChI=1S/C14H14BrFN2/c1-9-5-6-12(13(15)7-9)14(18-17)10-3-2-4-11(16)8-10/h2-8,14,18H,17H2,1H3. The number of benzene rings is 2. The lowest BCUT2D eigenvalue weighted by molar-refractivity contribution is 0.604. The predicted octanol–water partition coefficient (Wildman–Crippen LogP) is 3.45. The van der Waals surface area contributed by atoms with Gasteiger partial charge in [-0.3, -0.25) is 5.84 Å². The zero-order valence-electron chi connectivity index (χ0n) is 9.95. The van der Waals surface area contributed by atoms with E-state index in [1.54, 1.807) is 6.07 Å². The van der Waals surface area contributed by atoms with Crippen LogP contribution >= 0.6 is 15.9 Å². The minimum Gasteiger partial charge on any atom is -0.271 e. The van der Waals surface area contributed by atoms with E-state index >= 15 is 0 Å². The summed E-state index contributed by atoms with van der Waals surface area (Å²) >= 11 is 3.52. The number of hydrogen-bond acceptors (Lipinski definition) is 2. The summed E-state index contributed by atoms with van der Waals surface area (Å²) in [6.07, 6.45) is 0. The maximum atomic E-state index is 13.3. The van der Waals surface area contributed by atoms with Gasteiger partial charge < -0.3 is 0 Å². The van der Waals surface area contributed by atoms with Gasteiger partial charge in [-0.05, 0) is 41.8 Å². The number of nitrogens with one attached hydrogen (secondary N) is 1. The Hall–Kier alpha value is -1.23. The highest BCUT2D eigenvalue weighted by atomic mass is 79.9. The maximum absolute atomic E-state index is 13.3. The molecule has 0 saturated carbocycles. The van der Waals surface area contributed by atoms with Gasteiger partial charge in [0.1, 0.15) is 5.82 Å². The van der Waals surface area contributed by atoms with Crippen molar-refractivity contribution in [1.29, 1.82) is 0 Å². The van der Waals surface area contributed by atoms with E-state index in [4.69, 9.17) is 5.84 Å². The summed E-state index contributed by atoms with van der Waals surface area (Å²) in [7, 11) is 0. The lowest BCUT2D eigenvalue weighted by Crippen LogP contribution is -2.29. The van der Waals surface area contributed by atoms with Gasteiger partial charge in [-0.1, -0.05) is 40.2 Å². The molecule has 0 radical (unpaired) electrons. The summed E-state index contributed by atoms with van der Waals surface area (Å²) in [4.78, 5) is 0. The molecule has 1 atom stereocenters. The molecule has 4 heteroatoms. The lowest BCUT2D eigenvalue weighted by atomic mass is 9.98. The Morgan fingerprint density at radius 2 is 2.00 bits per heavy atom. The zero-order chi connectivity index (χ0) is 13.1. The van der Waals surface area contributed by atoms with Crippen LogP contribution < -0.4 is 11.3 Å². The number of nitrogens with two attached hydrogens (primary N) is 1. The Kier molecular flexibility index (Phi) is 4.11. The molecule has 2 aromatic carbocycles. The first-order chi connectivity index (χ1) is 8.61. The number of halogens is 2. The van der Waals surface area contributed by atoms with Crippen molar-refractivity contribution in [2.24, 2.45) is 5.84 Å². The van der Waals surface area contributed by atoms with Gasteiger partial charge in [0.15, 0.2) is 0 Å². The first kappa shape index (κ1) is 13.2. The smallest absolute Gasteiger partial charge is 0.123 e. The van der Waals surface area contributed by atoms with Crippen LogP contribution in [0, 0.1) is 12.7 Å². The van der Waals surface area contributed by atoms with Crippen LogP contribution in [0.4, 0.5) is 4.39 Å². The van der Waals surface area contributed by atoms with E-state index in [-0.39, 0.29) is 11.9 Å². The lowest BCUT2D eigenvalue weighted by Gasteiger charge is -2.18. The fourth-order valence-corrected chi connectivity index (χ4v) is 2.64. The van der Waals surface area contributed by atoms with Crippen molar-refractivity contribution in [1.82, 2.24) is 5.43 Å². The second kappa shape index (κ2) is 5.61. The molecular formula is C14H14BrFN2. The van der Waals surface area contributed by atoms with Crippen molar-refractivity contribution in [3.63, 3.8) is 0 Å². The quantitative estimate of drug-likeness (QED) is 0.673. The zero-order valence-corrected chi connectivity index (χ0v) is 11.5. The van der Waals surface area contributed by atoms with Crippen LogP contribution in [0.3, 0.4) is 0 Å². The maximum Gasteiger partial charge on any atom is 0.123 e. The van der Waals surface area contributed by atoms with Crippen molar-refractivity contribution >= 4 is 15.9 Å². The number of rotatable bonds is 3. The summed E-state index contributed by atoms with van der Waals surface area (Å²) in [6, 6.07) is 12.2. The summed E-state index contributed by atoms with van der Waals surface area (Å²) in [6.45, 7) is 2.02. The van der Waals surface area contributed by atoms with Crippen LogP contribution in [-0.2, 0) is 0 Å². The van der Waals surface area contributed by atoms with E-state index in [9.17, 15) is 4.39 Å². The molecule has 1 unspecified atom stereocenters. The van der Waals surface area contributed by atoms with Crippen molar-refractivity contribution < 1.29 is 4.39 Å². The summed E-state index contributed by atoms with van der Waals surface area (Å²) in [5.74, 6) is 5.33. The first-order valence-electron chi connectivity index (χ1n) is 5.59. The Morgan fingerprint density at radius 3 is 2.61 bits per heavy atom. The third-order valence-electron chi connectivity index (χ3n) is 2.82. The predicted molar refractivity (Wildman–Crippen MR) is 74.4 cm³/mol. The molecule has 0 saturated heterocycles. The van der Waals surface area contributed by atoms with Crippen LogP contribution in [0.15, 0.2) is 46.9 Å². The number of aryl methyl sites for hydroxylation is 1. The molecule has 0 aromatic heterocycles. The van der Waals surface area contributed by atoms with Crippen LogP contribution in [0.5, 0.6) is 0 Å². The summed E-state index contributed by atoms with van der Waals surface area (Å²) in [5, 5.41) is 0. The average Bonchev–Trinajstić information content (AvgIpc) is 2.33. The molecule has 94 valence electrons. The average molecular weight is 309 g/mol. The topological polar surface area (TPSA) is 38.0 Å². The Balaban J connectivity index is 2.45. The molecule has 2 aromatic rings. The second-order valence-corrected chi connectivity index (χ2v) is 5.03. The molecule has 0 aliphatic rings. The van der Waals surface area contributed by atoms with Gasteiger partial charge in [0, 0.05) is 4.47 Å². The molecule has 0 aliphatic carbocycles. The van der Waals surface area contributed by atoms with Crippen LogP contribution in [0.1, 0.15) is 22.7 Å². The van der Waals surface area contributed by atoms with Gasteiger partial charge in [-0.15, -0.1) is 0 Å². The minimum atomic E-state index is -0.268. The number of hydrazine groups is 1. The largest absolute Gasteiger partial charge is 0.271 e. The normalized spacial score (nSPS) is 12.4. The monoisotopic (exact) mass is 308 g/mol. The number of hydrogen-bond donors (Lipinski definition) is 2. The molecule has 0 spiro atoms. The van der Waals surface area contributed by atoms with E-state index in [1.807, 2.05) is 31.2 Å². The van der Waals surface area contributed by atoms with Crippen LogP contribution in [0.2, 0.25) is 0 Å². The third kappa shape index (κ3) is 2.77. The Morgan fingerprint density at radius 1 is 1.22 bits per heavy atom. The molecule has 3 N–H and O–H groups in total. The fourth-order valence-electron chi connectivity index (χ4n) is 1.92. The summed E-state index contributed by atoms with van der Waals surface area (Å²) in [5.41, 5.74) is 5.65. The van der Waals surface area contributed by atoms with Gasteiger partial charge in [-0.25, -0.2) is 9.82 Å². The second-order valence-electron chi connectivity index (χ2n) is 4.18. The summed E-state index contributed by atoms with van der Waals surface area (Å²) < 4.78 is 14.2. The third-order valence-corrected chi connectivity index (χ3v) is 3.50. The van der Waals surface area contributed by atoms with Crippen LogP contribution in [0.25, 0.3) is 0 Å². The van der Waals surface area contributed by atoms with Gasteiger partial charge in [-0.2, -0.15) is 0 Å². The van der Waals surface area contributed by atoms with Crippen molar-refractivity contribution in [2.75, 3.05) is 0 Å². The molecule has 0 aliphatic heterocycles. The highest BCUT2D eigenvalue weighted by molar-refractivity contribution is 9.10. The Labute approximate surface area is 114 Å². The van der Waals surface area contributed by atoms with E-state index in [1.165, 1.54) is 12.1 Å². The van der Waals surface area contributed by atoms with Gasteiger partial charge >= 0.3 is 0 Å². The molecule has 0 heterocycles. The highest BCUT2D eigenvalue weighted by Gasteiger charge is 2.15. The molecule has 18 heavy (non-hydrogen) atoms. The van der Waals surface area contributed by atoms with E-state index in [0.717, 1.165) is 21.2 Å². The van der Waals surface area contributed by atoms with Gasteiger partial charge in [0.25, 0.3) is 0 Å². The van der Waals surface area contributed by atoms with E-state index in [0.29, 0.717) is 0 Å². The Bertz CT molecular complexity index is 557. The van der Waals surface area contributed by atoms with Crippen molar-refractivity contribution in [3.05, 3.63) is 69.4 Å². The van der Waals surface area contributed by atoms with Crippen LogP contribution in [-0.4, -0.2) is 0 Å². The minimum absolute atomic E-state index is 0.240. The van der Waals surface area contributed by atoms with E-state index < -0.39 is 0 Å². The van der Waals surface area contributed by atoms with Gasteiger partial charge in [0.05, 0.1) is 6.04 Å². The molecular weight excluding hydrogens is 295 g/mol. The molecule has 2 rings (SSSR count). The molecule has 0 amide bonds. The molecule has 2 nitrogen and oxygen atoms in total. The molecule has 0 bridgehead atoms. The highest BCUT2D eigenvalue weighted by Crippen LogP contribution is 2.29. The SMILES string of the molecule is Cc1ccc(C(NN)c2cccc(F)c2)c(Br)c1. The molecule has 0 fully saturated rings. The first-order valence-corrected chi connectivity index (χ1v) is 6.39. The fraction of sp³-hybridized carbons (Fsp3) is 0.143.